The summed E-state index contributed by atoms with van der Waals surface area (Å²) in [5.41, 5.74) is 0.906. The Morgan fingerprint density at radius 3 is 2.58 bits per heavy atom. The molecule has 31 heavy (non-hydrogen) atoms. The second kappa shape index (κ2) is 9.49. The Morgan fingerprint density at radius 2 is 1.90 bits per heavy atom. The number of anilines is 1. The maximum Gasteiger partial charge on any atom is 0.224 e. The summed E-state index contributed by atoms with van der Waals surface area (Å²) < 4.78 is 7.57. The summed E-state index contributed by atoms with van der Waals surface area (Å²) in [4.78, 5) is 21.2. The zero-order valence-electron chi connectivity index (χ0n) is 17.1. The lowest BCUT2D eigenvalue weighted by Gasteiger charge is -2.35. The summed E-state index contributed by atoms with van der Waals surface area (Å²) >= 11 is 11.4. The fourth-order valence-electron chi connectivity index (χ4n) is 3.61. The van der Waals surface area contributed by atoms with Gasteiger partial charge in [-0.3, -0.25) is 14.5 Å². The van der Waals surface area contributed by atoms with E-state index in [1.165, 1.54) is 0 Å². The van der Waals surface area contributed by atoms with Crippen LogP contribution in [0, 0.1) is 4.77 Å². The van der Waals surface area contributed by atoms with Crippen molar-refractivity contribution in [3.8, 4) is 17.1 Å². The number of hydrogen-bond donors (Lipinski definition) is 1. The van der Waals surface area contributed by atoms with Gasteiger partial charge in [0.05, 0.1) is 7.11 Å². The van der Waals surface area contributed by atoms with Crippen LogP contribution in [-0.4, -0.2) is 63.8 Å². The summed E-state index contributed by atoms with van der Waals surface area (Å²) in [5, 5.41) is 7.64. The minimum absolute atomic E-state index is 0.0995. The maximum absolute atomic E-state index is 12.8. The second-order valence-electron chi connectivity index (χ2n) is 7.17. The van der Waals surface area contributed by atoms with Crippen molar-refractivity contribution in [1.82, 2.24) is 24.6 Å². The van der Waals surface area contributed by atoms with Crippen molar-refractivity contribution in [1.29, 1.82) is 0 Å². The maximum atomic E-state index is 12.8. The number of ether oxygens (including phenoxy) is 1. The molecule has 0 atom stereocenters. The number of aromatic amines is 1. The molecule has 1 N–H and O–H groups in total. The Bertz CT molecular complexity index is 1110. The van der Waals surface area contributed by atoms with Gasteiger partial charge in [-0.05, 0) is 48.6 Å². The number of carbonyl (C=O) groups excluding carboxylic acids is 1. The summed E-state index contributed by atoms with van der Waals surface area (Å²) in [5.74, 6) is 2.42. The highest BCUT2D eigenvalue weighted by atomic mass is 35.5. The van der Waals surface area contributed by atoms with E-state index in [0.29, 0.717) is 41.8 Å². The number of aromatic nitrogens is 4. The number of carbonyl (C=O) groups is 1. The van der Waals surface area contributed by atoms with Crippen molar-refractivity contribution in [3.63, 3.8) is 0 Å². The van der Waals surface area contributed by atoms with Gasteiger partial charge in [-0.2, -0.15) is 5.10 Å². The number of piperazine rings is 1. The first-order valence-corrected chi connectivity index (χ1v) is 10.8. The van der Waals surface area contributed by atoms with Crippen molar-refractivity contribution in [3.05, 3.63) is 52.4 Å². The van der Waals surface area contributed by atoms with Crippen LogP contribution < -0.4 is 9.64 Å². The first kappa shape index (κ1) is 21.3. The lowest BCUT2D eigenvalue weighted by atomic mass is 10.2. The molecule has 162 valence electrons. The molecule has 4 rings (SSSR count). The Kier molecular flexibility index (Phi) is 6.53. The van der Waals surface area contributed by atoms with Crippen LogP contribution in [0.3, 0.4) is 0 Å². The van der Waals surface area contributed by atoms with Crippen LogP contribution in [0.2, 0.25) is 5.15 Å². The number of hydrogen-bond acceptors (Lipinski definition) is 6. The molecule has 10 heteroatoms. The molecule has 0 unspecified atom stereocenters. The molecule has 1 saturated heterocycles. The van der Waals surface area contributed by atoms with Gasteiger partial charge in [0.2, 0.25) is 5.91 Å². The summed E-state index contributed by atoms with van der Waals surface area (Å²) in [6, 6.07) is 13.2. The largest absolute Gasteiger partial charge is 0.497 e. The predicted molar refractivity (Wildman–Crippen MR) is 122 cm³/mol. The Labute approximate surface area is 190 Å². The smallest absolute Gasteiger partial charge is 0.224 e. The molecule has 1 aromatic carbocycles. The molecule has 0 spiro atoms. The molecule has 3 aromatic rings. The van der Waals surface area contributed by atoms with E-state index in [1.54, 1.807) is 13.2 Å². The third-order valence-electron chi connectivity index (χ3n) is 5.31. The molecular formula is C21H23ClN6O2S. The normalized spacial score (nSPS) is 14.0. The molecule has 0 saturated carbocycles. The standard InChI is InChI=1S/C21H23ClN6O2S/c1-30-16-7-5-15(6-8-16)20-24-25-21(31)28(20)10-9-19(29)27-13-11-26(12-14-27)18-4-2-3-17(22)23-18/h2-8H,9-14H2,1H3,(H,25,31). The SMILES string of the molecule is COc1ccc(-c2n[nH]c(=S)n2CCC(=O)N2CCN(c3cccc(Cl)n3)CC2)cc1. The number of H-pyrrole nitrogens is 1. The third kappa shape index (κ3) is 4.88. The van der Waals surface area contributed by atoms with Gasteiger partial charge in [-0.1, -0.05) is 17.7 Å². The van der Waals surface area contributed by atoms with Gasteiger partial charge < -0.3 is 14.5 Å². The van der Waals surface area contributed by atoms with Crippen molar-refractivity contribution >= 4 is 35.5 Å². The van der Waals surface area contributed by atoms with Gasteiger partial charge in [-0.25, -0.2) is 4.98 Å². The zero-order chi connectivity index (χ0) is 21.8. The van der Waals surface area contributed by atoms with E-state index in [4.69, 9.17) is 28.6 Å². The van der Waals surface area contributed by atoms with Crippen LogP contribution >= 0.6 is 23.8 Å². The Morgan fingerprint density at radius 1 is 1.16 bits per heavy atom. The van der Waals surface area contributed by atoms with E-state index >= 15 is 0 Å². The fourth-order valence-corrected chi connectivity index (χ4v) is 3.99. The third-order valence-corrected chi connectivity index (χ3v) is 5.83. The minimum Gasteiger partial charge on any atom is -0.497 e. The van der Waals surface area contributed by atoms with Gasteiger partial charge in [0, 0.05) is 44.7 Å². The van der Waals surface area contributed by atoms with E-state index in [0.717, 1.165) is 30.2 Å². The highest BCUT2D eigenvalue weighted by Gasteiger charge is 2.22. The first-order chi connectivity index (χ1) is 15.0. The number of nitrogens with zero attached hydrogens (tertiary/aromatic N) is 5. The molecule has 1 aliphatic rings. The highest BCUT2D eigenvalue weighted by Crippen LogP contribution is 2.21. The molecule has 1 aliphatic heterocycles. The fraction of sp³-hybridized carbons (Fsp3) is 0.333. The number of methoxy groups -OCH3 is 1. The van der Waals surface area contributed by atoms with Gasteiger partial charge in [0.1, 0.15) is 16.7 Å². The molecule has 0 radical (unpaired) electrons. The second-order valence-corrected chi connectivity index (χ2v) is 7.94. The van der Waals surface area contributed by atoms with Gasteiger partial charge >= 0.3 is 0 Å². The Hall–Kier alpha value is -2.91. The van der Waals surface area contributed by atoms with E-state index in [1.807, 2.05) is 45.9 Å². The highest BCUT2D eigenvalue weighted by molar-refractivity contribution is 7.71. The van der Waals surface area contributed by atoms with Crippen LogP contribution in [0.4, 0.5) is 5.82 Å². The van der Waals surface area contributed by atoms with Crippen LogP contribution in [0.25, 0.3) is 11.4 Å². The van der Waals surface area contributed by atoms with Crippen LogP contribution in [-0.2, 0) is 11.3 Å². The topological polar surface area (TPSA) is 79.3 Å². The number of amides is 1. The zero-order valence-corrected chi connectivity index (χ0v) is 18.7. The van der Waals surface area contributed by atoms with Crippen molar-refractivity contribution in [2.75, 3.05) is 38.2 Å². The van der Waals surface area contributed by atoms with E-state index in [2.05, 4.69) is 20.1 Å². The molecule has 0 bridgehead atoms. The molecule has 1 amide bonds. The van der Waals surface area contributed by atoms with E-state index in [-0.39, 0.29) is 5.91 Å². The monoisotopic (exact) mass is 458 g/mol. The van der Waals surface area contributed by atoms with Crippen LogP contribution in [0.15, 0.2) is 42.5 Å². The number of pyridine rings is 1. The molecule has 8 nitrogen and oxygen atoms in total. The van der Waals surface area contributed by atoms with Crippen molar-refractivity contribution in [2.24, 2.45) is 0 Å². The van der Waals surface area contributed by atoms with Gasteiger partial charge in [0.25, 0.3) is 0 Å². The van der Waals surface area contributed by atoms with E-state index < -0.39 is 0 Å². The van der Waals surface area contributed by atoms with Gasteiger partial charge in [0.15, 0.2) is 10.6 Å². The first-order valence-electron chi connectivity index (χ1n) is 10.00. The average molecular weight is 459 g/mol. The lowest BCUT2D eigenvalue weighted by molar-refractivity contribution is -0.131. The van der Waals surface area contributed by atoms with E-state index in [9.17, 15) is 4.79 Å². The number of halogens is 1. The molecule has 1 fully saturated rings. The Balaban J connectivity index is 1.36. The average Bonchev–Trinajstić information content (AvgIpc) is 3.18. The quantitative estimate of drug-likeness (QED) is 0.450. The molecule has 0 aliphatic carbocycles. The molecular weight excluding hydrogens is 436 g/mol. The van der Waals surface area contributed by atoms with Gasteiger partial charge in [-0.15, -0.1) is 0 Å². The predicted octanol–water partition coefficient (Wildman–Crippen LogP) is 3.40. The number of benzene rings is 1. The van der Waals surface area contributed by atoms with Crippen molar-refractivity contribution in [2.45, 2.75) is 13.0 Å². The summed E-state index contributed by atoms with van der Waals surface area (Å²) in [6.45, 7) is 3.21. The molecule has 3 heterocycles. The number of nitrogens with one attached hydrogen (secondary N) is 1. The van der Waals surface area contributed by atoms with Crippen LogP contribution in [0.5, 0.6) is 5.75 Å². The minimum atomic E-state index is 0.0995. The number of rotatable bonds is 6. The lowest BCUT2D eigenvalue weighted by Crippen LogP contribution is -2.49. The van der Waals surface area contributed by atoms with Crippen LogP contribution in [0.1, 0.15) is 6.42 Å². The molecule has 2 aromatic heterocycles. The summed E-state index contributed by atoms with van der Waals surface area (Å²) in [7, 11) is 1.63. The van der Waals surface area contributed by atoms with Crippen molar-refractivity contribution < 1.29 is 9.53 Å². The summed E-state index contributed by atoms with van der Waals surface area (Å²) in [6.07, 6.45) is 0.354.